The van der Waals surface area contributed by atoms with Gasteiger partial charge in [-0.2, -0.15) is 24.9 Å². The molecule has 2 aliphatic heterocycles. The van der Waals surface area contributed by atoms with E-state index in [1.807, 2.05) is 39.5 Å². The van der Waals surface area contributed by atoms with Gasteiger partial charge in [0, 0.05) is 66.2 Å². The summed E-state index contributed by atoms with van der Waals surface area (Å²) >= 11 is 1.88. The number of esters is 1. The number of aliphatic hydroxyl groups excluding tert-OH is 1. The summed E-state index contributed by atoms with van der Waals surface area (Å²) in [6, 6.07) is 2.36. The zero-order chi connectivity index (χ0) is 35.5. The SMILES string of the molecule is CC(=O)O[C@H]1c2nc(C(C)C)c3c(c2[C@@H](O)CC1(C)C)C1(CCOCC1)O[C@@H]3c1ccc(C(F)(F)F)cn1.CCC.CSC(C)(C)C. The molecule has 0 bridgehead atoms. The van der Waals surface area contributed by atoms with E-state index in [1.54, 1.807) is 0 Å². The van der Waals surface area contributed by atoms with Gasteiger partial charge in [0.15, 0.2) is 0 Å². The summed E-state index contributed by atoms with van der Waals surface area (Å²) in [5.41, 5.74) is 1.40. The maximum absolute atomic E-state index is 13.3. The zero-order valence-electron chi connectivity index (χ0n) is 29.8. The van der Waals surface area contributed by atoms with Crippen molar-refractivity contribution in [3.05, 3.63) is 57.7 Å². The third-order valence-corrected chi connectivity index (χ3v) is 9.75. The van der Waals surface area contributed by atoms with Gasteiger partial charge < -0.3 is 19.3 Å². The van der Waals surface area contributed by atoms with E-state index in [0.717, 1.165) is 23.4 Å². The minimum atomic E-state index is -4.51. The topological polar surface area (TPSA) is 90.8 Å². The summed E-state index contributed by atoms with van der Waals surface area (Å²) in [6.07, 6.45) is -1.31. The van der Waals surface area contributed by atoms with Crippen molar-refractivity contribution in [1.82, 2.24) is 9.97 Å². The highest BCUT2D eigenvalue weighted by atomic mass is 32.2. The summed E-state index contributed by atoms with van der Waals surface area (Å²) in [7, 11) is 0. The largest absolute Gasteiger partial charge is 0.455 e. The van der Waals surface area contributed by atoms with Crippen molar-refractivity contribution in [1.29, 1.82) is 0 Å². The molecule has 7 nitrogen and oxygen atoms in total. The lowest BCUT2D eigenvalue weighted by Crippen LogP contribution is -2.39. The van der Waals surface area contributed by atoms with E-state index >= 15 is 0 Å². The highest BCUT2D eigenvalue weighted by molar-refractivity contribution is 7.99. The van der Waals surface area contributed by atoms with E-state index in [4.69, 9.17) is 19.2 Å². The van der Waals surface area contributed by atoms with Crippen LogP contribution in [0.2, 0.25) is 0 Å². The normalized spacial score (nSPS) is 22.8. The number of aromatic nitrogens is 2. The van der Waals surface area contributed by atoms with Crippen LogP contribution in [0, 0.1) is 5.41 Å². The fourth-order valence-corrected chi connectivity index (χ4v) is 6.19. The van der Waals surface area contributed by atoms with Gasteiger partial charge in [-0.25, -0.2) is 0 Å². The number of aliphatic hydroxyl groups is 1. The summed E-state index contributed by atoms with van der Waals surface area (Å²) < 4.78 is 58.4. The van der Waals surface area contributed by atoms with Crippen LogP contribution in [-0.4, -0.2) is 45.3 Å². The van der Waals surface area contributed by atoms with Crippen LogP contribution < -0.4 is 0 Å². The van der Waals surface area contributed by atoms with Crippen molar-refractivity contribution in [2.24, 2.45) is 5.41 Å². The minimum Gasteiger partial charge on any atom is -0.455 e. The van der Waals surface area contributed by atoms with Crippen LogP contribution in [0.15, 0.2) is 18.3 Å². The lowest BCUT2D eigenvalue weighted by atomic mass is 9.68. The van der Waals surface area contributed by atoms with E-state index in [1.165, 1.54) is 19.4 Å². The Hall–Kier alpha value is -2.21. The Morgan fingerprint density at radius 1 is 1.13 bits per heavy atom. The number of alkyl halides is 3. The summed E-state index contributed by atoms with van der Waals surface area (Å²) in [5, 5.41) is 11.5. The Balaban J connectivity index is 0.000000592. The van der Waals surface area contributed by atoms with Crippen molar-refractivity contribution in [3.63, 3.8) is 0 Å². The summed E-state index contributed by atoms with van der Waals surface area (Å²) in [4.78, 5) is 21.3. The van der Waals surface area contributed by atoms with E-state index in [2.05, 4.69) is 45.9 Å². The number of carbonyl (C=O) groups excluding carboxylic acids is 1. The molecule has 0 radical (unpaired) electrons. The van der Waals surface area contributed by atoms with Crippen LogP contribution >= 0.6 is 11.8 Å². The molecular formula is C36H53F3N2O5S. The second kappa shape index (κ2) is 15.1. The highest BCUT2D eigenvalue weighted by Gasteiger charge is 2.55. The van der Waals surface area contributed by atoms with Gasteiger partial charge in [0.2, 0.25) is 0 Å². The number of pyridine rings is 2. The smallest absolute Gasteiger partial charge is 0.417 e. The molecule has 1 aliphatic carbocycles. The number of hydrogen-bond acceptors (Lipinski definition) is 8. The highest BCUT2D eigenvalue weighted by Crippen LogP contribution is 2.59. The van der Waals surface area contributed by atoms with E-state index in [9.17, 15) is 23.1 Å². The van der Waals surface area contributed by atoms with Crippen LogP contribution in [0.25, 0.3) is 0 Å². The predicted molar refractivity (Wildman–Crippen MR) is 179 cm³/mol. The molecule has 11 heteroatoms. The van der Waals surface area contributed by atoms with Crippen molar-refractivity contribution < 1.29 is 37.3 Å². The fourth-order valence-electron chi connectivity index (χ4n) is 6.19. The standard InChI is InChI=1S/C28H33F3N2O5.C5H12S.C3H8/c1-14(2)22-20-21(19-18(35)12-26(4,5)25(23(19)33-22)37-15(3)34)27(8-10-36-11-9-27)38-24(20)17-7-6-16(13-32-17)28(29,30)31;1-5(2,3)6-4;1-3-2/h6-7,13-14,18,24-25,35H,8-12H2,1-5H3;1-4H3;3H2,1-2H3/t18-,24+,25-;;/m0../s1. The van der Waals surface area contributed by atoms with E-state index < -0.39 is 47.0 Å². The van der Waals surface area contributed by atoms with Gasteiger partial charge >= 0.3 is 12.1 Å². The molecule has 5 rings (SSSR count). The van der Waals surface area contributed by atoms with Gasteiger partial charge in [-0.15, -0.1) is 0 Å². The molecule has 47 heavy (non-hydrogen) atoms. The van der Waals surface area contributed by atoms with Crippen molar-refractivity contribution in [3.8, 4) is 0 Å². The average molecular weight is 683 g/mol. The van der Waals surface area contributed by atoms with E-state index in [0.29, 0.717) is 59.9 Å². The maximum Gasteiger partial charge on any atom is 0.417 e. The lowest BCUT2D eigenvalue weighted by molar-refractivity contribution is -0.157. The molecule has 1 spiro atoms. The fraction of sp³-hybridized carbons (Fsp3) is 0.694. The van der Waals surface area contributed by atoms with Crippen molar-refractivity contribution in [2.45, 2.75) is 136 Å². The first kappa shape index (κ1) is 39.2. The Morgan fingerprint density at radius 2 is 1.70 bits per heavy atom. The Bertz CT molecular complexity index is 1370. The third-order valence-electron chi connectivity index (χ3n) is 8.53. The first-order valence-corrected chi connectivity index (χ1v) is 17.7. The van der Waals surface area contributed by atoms with Gasteiger partial charge in [0.1, 0.15) is 12.2 Å². The molecule has 1 fully saturated rings. The second-order valence-electron chi connectivity index (χ2n) is 14.5. The maximum atomic E-state index is 13.3. The molecule has 3 aliphatic rings. The van der Waals surface area contributed by atoms with Crippen LogP contribution in [-0.2, 0) is 30.8 Å². The molecule has 0 aromatic carbocycles. The van der Waals surface area contributed by atoms with Gasteiger partial charge in [-0.05, 0) is 36.3 Å². The molecule has 1 saturated heterocycles. The molecule has 4 heterocycles. The molecule has 0 unspecified atom stereocenters. The molecule has 2 aromatic rings. The summed E-state index contributed by atoms with van der Waals surface area (Å²) in [6.45, 7) is 20.9. The first-order chi connectivity index (χ1) is 21.7. The van der Waals surface area contributed by atoms with Crippen molar-refractivity contribution >= 4 is 17.7 Å². The second-order valence-corrected chi connectivity index (χ2v) is 16.2. The molecule has 3 atom stereocenters. The van der Waals surface area contributed by atoms with Crippen LogP contribution in [0.3, 0.4) is 0 Å². The van der Waals surface area contributed by atoms with Gasteiger partial charge in [0.05, 0.1) is 28.7 Å². The van der Waals surface area contributed by atoms with Crippen LogP contribution in [0.1, 0.15) is 158 Å². The quantitative estimate of drug-likeness (QED) is 0.321. The number of fused-ring (bicyclic) bond motifs is 4. The molecule has 264 valence electrons. The minimum absolute atomic E-state index is 0.0928. The number of halogens is 3. The molecule has 1 N–H and O–H groups in total. The van der Waals surface area contributed by atoms with Crippen LogP contribution in [0.5, 0.6) is 0 Å². The van der Waals surface area contributed by atoms with Crippen LogP contribution in [0.4, 0.5) is 13.2 Å². The number of carbonyl (C=O) groups is 1. The number of thioether (sulfide) groups is 1. The Kier molecular flexibility index (Phi) is 12.6. The van der Waals surface area contributed by atoms with Gasteiger partial charge in [0.25, 0.3) is 0 Å². The Morgan fingerprint density at radius 3 is 2.15 bits per heavy atom. The number of ether oxygens (including phenoxy) is 3. The molecular weight excluding hydrogens is 629 g/mol. The van der Waals surface area contributed by atoms with Gasteiger partial charge in [-0.1, -0.05) is 68.7 Å². The lowest BCUT2D eigenvalue weighted by Gasteiger charge is -2.43. The van der Waals surface area contributed by atoms with E-state index in [-0.39, 0.29) is 5.92 Å². The molecule has 0 saturated carbocycles. The van der Waals surface area contributed by atoms with Gasteiger partial charge in [-0.3, -0.25) is 14.8 Å². The first-order valence-electron chi connectivity index (χ1n) is 16.5. The zero-order valence-corrected chi connectivity index (χ0v) is 30.6. The van der Waals surface area contributed by atoms with Crippen molar-refractivity contribution in [2.75, 3.05) is 19.5 Å². The monoisotopic (exact) mass is 682 g/mol. The third kappa shape index (κ3) is 8.88. The number of nitrogens with zero attached hydrogens (tertiary/aromatic N) is 2. The summed E-state index contributed by atoms with van der Waals surface area (Å²) in [5.74, 6) is -0.535. The Labute approximate surface area is 282 Å². The predicted octanol–water partition coefficient (Wildman–Crippen LogP) is 9.38. The number of rotatable bonds is 3. The molecule has 0 amide bonds. The number of hydrogen-bond donors (Lipinski definition) is 1. The average Bonchev–Trinajstić information content (AvgIpc) is 3.28. The molecule has 2 aromatic heterocycles.